The van der Waals surface area contributed by atoms with Gasteiger partial charge in [-0.1, -0.05) is 43.3 Å². The quantitative estimate of drug-likeness (QED) is 0.823. The summed E-state index contributed by atoms with van der Waals surface area (Å²) in [5, 5.41) is 6.37. The van der Waals surface area contributed by atoms with Crippen LogP contribution < -0.4 is 5.32 Å². The molecular formula is C17H23NS. The molecule has 2 atom stereocenters. The molecule has 1 N–H and O–H groups in total. The van der Waals surface area contributed by atoms with Crippen molar-refractivity contribution in [3.63, 3.8) is 0 Å². The van der Waals surface area contributed by atoms with Gasteiger partial charge in [-0.15, -0.1) is 0 Å². The van der Waals surface area contributed by atoms with Gasteiger partial charge in [0.1, 0.15) is 0 Å². The van der Waals surface area contributed by atoms with E-state index in [9.17, 15) is 0 Å². The van der Waals surface area contributed by atoms with Gasteiger partial charge in [0.15, 0.2) is 0 Å². The fraction of sp³-hybridized carbons (Fsp3) is 0.412. The summed E-state index contributed by atoms with van der Waals surface area (Å²) in [5.74, 6) is 1.18. The average Bonchev–Trinajstić information content (AvgIpc) is 2.46. The zero-order valence-electron chi connectivity index (χ0n) is 12.0. The van der Waals surface area contributed by atoms with E-state index in [1.807, 2.05) is 11.8 Å². The number of hydrogen-bond donors (Lipinski definition) is 1. The first-order chi connectivity index (χ1) is 9.24. The van der Waals surface area contributed by atoms with Crippen molar-refractivity contribution >= 4 is 22.5 Å². The Morgan fingerprint density at radius 1 is 1.11 bits per heavy atom. The largest absolute Gasteiger partial charge is 0.307 e. The summed E-state index contributed by atoms with van der Waals surface area (Å²) in [5.41, 5.74) is 1.37. The Morgan fingerprint density at radius 3 is 2.53 bits per heavy atom. The number of rotatable bonds is 6. The molecule has 2 unspecified atom stereocenters. The molecule has 0 heterocycles. The molecule has 0 saturated heterocycles. The average molecular weight is 273 g/mol. The van der Waals surface area contributed by atoms with Crippen LogP contribution in [0.2, 0.25) is 0 Å². The highest BCUT2D eigenvalue weighted by Crippen LogP contribution is 2.21. The molecule has 0 radical (unpaired) electrons. The maximum absolute atomic E-state index is 3.73. The zero-order chi connectivity index (χ0) is 13.7. The summed E-state index contributed by atoms with van der Waals surface area (Å²) < 4.78 is 0. The standard InChI is InChI=1S/C17H23NS/c1-4-17(12-19-3)18-13(2)15-10-9-14-7-5-6-8-16(14)11-15/h5-11,13,17-18H,4,12H2,1-3H3. The molecule has 0 saturated carbocycles. The van der Waals surface area contributed by atoms with Crippen molar-refractivity contribution in [2.75, 3.05) is 12.0 Å². The predicted molar refractivity (Wildman–Crippen MR) is 88.0 cm³/mol. The van der Waals surface area contributed by atoms with E-state index >= 15 is 0 Å². The van der Waals surface area contributed by atoms with Crippen LogP contribution in [0, 0.1) is 0 Å². The molecule has 0 spiro atoms. The van der Waals surface area contributed by atoms with Crippen molar-refractivity contribution in [1.29, 1.82) is 0 Å². The van der Waals surface area contributed by atoms with Crippen LogP contribution >= 0.6 is 11.8 Å². The van der Waals surface area contributed by atoms with Gasteiger partial charge in [0, 0.05) is 17.8 Å². The first-order valence-corrected chi connectivity index (χ1v) is 8.37. The lowest BCUT2D eigenvalue weighted by Crippen LogP contribution is -2.32. The summed E-state index contributed by atoms with van der Waals surface area (Å²) in [4.78, 5) is 0. The number of fused-ring (bicyclic) bond motifs is 1. The molecule has 0 fully saturated rings. The van der Waals surface area contributed by atoms with E-state index in [-0.39, 0.29) is 0 Å². The molecule has 0 aliphatic heterocycles. The lowest BCUT2D eigenvalue weighted by Gasteiger charge is -2.22. The molecule has 0 bridgehead atoms. The van der Waals surface area contributed by atoms with Crippen LogP contribution in [-0.4, -0.2) is 18.1 Å². The van der Waals surface area contributed by atoms with Gasteiger partial charge in [0.2, 0.25) is 0 Å². The molecule has 2 heteroatoms. The van der Waals surface area contributed by atoms with Gasteiger partial charge in [0.25, 0.3) is 0 Å². The van der Waals surface area contributed by atoms with Crippen LogP contribution in [0.15, 0.2) is 42.5 Å². The Hall–Kier alpha value is -0.990. The zero-order valence-corrected chi connectivity index (χ0v) is 12.8. The highest BCUT2D eigenvalue weighted by Gasteiger charge is 2.11. The maximum Gasteiger partial charge on any atom is 0.0294 e. The highest BCUT2D eigenvalue weighted by atomic mass is 32.2. The van der Waals surface area contributed by atoms with Crippen LogP contribution in [0.5, 0.6) is 0 Å². The van der Waals surface area contributed by atoms with Crippen molar-refractivity contribution in [3.05, 3.63) is 48.0 Å². The molecule has 0 aliphatic carbocycles. The Balaban J connectivity index is 2.14. The van der Waals surface area contributed by atoms with Crippen molar-refractivity contribution < 1.29 is 0 Å². The van der Waals surface area contributed by atoms with Crippen molar-refractivity contribution in [2.45, 2.75) is 32.4 Å². The number of thioether (sulfide) groups is 1. The van der Waals surface area contributed by atoms with E-state index < -0.39 is 0 Å². The van der Waals surface area contributed by atoms with Crippen molar-refractivity contribution in [2.24, 2.45) is 0 Å². The van der Waals surface area contributed by atoms with Gasteiger partial charge in [-0.3, -0.25) is 0 Å². The summed E-state index contributed by atoms with van der Waals surface area (Å²) in [6.07, 6.45) is 3.35. The minimum absolute atomic E-state index is 0.404. The van der Waals surface area contributed by atoms with E-state index in [0.717, 1.165) is 0 Å². The minimum atomic E-state index is 0.404. The van der Waals surface area contributed by atoms with Gasteiger partial charge < -0.3 is 5.32 Å². The van der Waals surface area contributed by atoms with Gasteiger partial charge >= 0.3 is 0 Å². The molecule has 2 rings (SSSR count). The van der Waals surface area contributed by atoms with Crippen LogP contribution in [0.1, 0.15) is 31.9 Å². The third kappa shape index (κ3) is 3.74. The Kier molecular flexibility index (Phi) is 5.29. The van der Waals surface area contributed by atoms with E-state index in [0.29, 0.717) is 12.1 Å². The second-order valence-electron chi connectivity index (χ2n) is 5.06. The molecular weight excluding hydrogens is 250 g/mol. The molecule has 0 amide bonds. The first-order valence-electron chi connectivity index (χ1n) is 6.98. The van der Waals surface area contributed by atoms with E-state index in [1.165, 1.54) is 28.5 Å². The Labute approximate surface area is 120 Å². The minimum Gasteiger partial charge on any atom is -0.307 e. The molecule has 19 heavy (non-hydrogen) atoms. The fourth-order valence-corrected chi connectivity index (χ4v) is 3.15. The Bertz CT molecular complexity index is 523. The second kappa shape index (κ2) is 6.97. The summed E-state index contributed by atoms with van der Waals surface area (Å²) >= 11 is 1.91. The normalized spacial score (nSPS) is 14.5. The van der Waals surface area contributed by atoms with Gasteiger partial charge in [-0.2, -0.15) is 11.8 Å². The summed E-state index contributed by atoms with van der Waals surface area (Å²) in [6.45, 7) is 4.51. The smallest absolute Gasteiger partial charge is 0.0294 e. The first kappa shape index (κ1) is 14.4. The van der Waals surface area contributed by atoms with Crippen molar-refractivity contribution in [1.82, 2.24) is 5.32 Å². The fourth-order valence-electron chi connectivity index (χ4n) is 2.41. The van der Waals surface area contributed by atoms with Crippen LogP contribution in [0.4, 0.5) is 0 Å². The summed E-state index contributed by atoms with van der Waals surface area (Å²) in [6, 6.07) is 16.3. The molecule has 2 aromatic carbocycles. The number of nitrogens with one attached hydrogen (secondary N) is 1. The van der Waals surface area contributed by atoms with E-state index in [4.69, 9.17) is 0 Å². The third-order valence-corrected chi connectivity index (χ3v) is 4.36. The topological polar surface area (TPSA) is 12.0 Å². The maximum atomic E-state index is 3.73. The van der Waals surface area contributed by atoms with Crippen molar-refractivity contribution in [3.8, 4) is 0 Å². The van der Waals surface area contributed by atoms with E-state index in [2.05, 4.69) is 67.9 Å². The second-order valence-corrected chi connectivity index (χ2v) is 5.97. The number of hydrogen-bond acceptors (Lipinski definition) is 2. The molecule has 102 valence electrons. The molecule has 0 aromatic heterocycles. The summed E-state index contributed by atoms with van der Waals surface area (Å²) in [7, 11) is 0. The number of benzene rings is 2. The predicted octanol–water partition coefficient (Wildman–Crippen LogP) is 4.63. The van der Waals surface area contributed by atoms with Gasteiger partial charge in [0.05, 0.1) is 0 Å². The third-order valence-electron chi connectivity index (χ3n) is 3.62. The lowest BCUT2D eigenvalue weighted by molar-refractivity contribution is 0.475. The molecule has 2 aromatic rings. The SMILES string of the molecule is CCC(CSC)NC(C)c1ccc2ccccc2c1. The van der Waals surface area contributed by atoms with Crippen LogP contribution in [-0.2, 0) is 0 Å². The molecule has 1 nitrogen and oxygen atoms in total. The van der Waals surface area contributed by atoms with Crippen LogP contribution in [0.3, 0.4) is 0 Å². The lowest BCUT2D eigenvalue weighted by atomic mass is 10.0. The van der Waals surface area contributed by atoms with Crippen LogP contribution in [0.25, 0.3) is 10.8 Å². The van der Waals surface area contributed by atoms with Gasteiger partial charge in [-0.05, 0) is 42.0 Å². The monoisotopic (exact) mass is 273 g/mol. The Morgan fingerprint density at radius 2 is 1.84 bits per heavy atom. The molecule has 0 aliphatic rings. The van der Waals surface area contributed by atoms with Gasteiger partial charge in [-0.25, -0.2) is 0 Å². The van der Waals surface area contributed by atoms with E-state index in [1.54, 1.807) is 0 Å². The highest BCUT2D eigenvalue weighted by molar-refractivity contribution is 7.98.